The van der Waals surface area contributed by atoms with Crippen LogP contribution >= 0.6 is 0 Å². The normalized spacial score (nSPS) is 10.3. The number of carbonyl (C=O) groups is 2. The van der Waals surface area contributed by atoms with Gasteiger partial charge in [-0.15, -0.1) is 0 Å². The lowest BCUT2D eigenvalue weighted by Gasteiger charge is -2.07. The van der Waals surface area contributed by atoms with E-state index in [0.717, 1.165) is 5.56 Å². The molecule has 0 radical (unpaired) electrons. The van der Waals surface area contributed by atoms with E-state index >= 15 is 0 Å². The molecule has 7 heteroatoms. The summed E-state index contributed by atoms with van der Waals surface area (Å²) < 4.78 is 16.2. The lowest BCUT2D eigenvalue weighted by atomic mass is 10.2. The summed E-state index contributed by atoms with van der Waals surface area (Å²) in [6.07, 6.45) is 0. The highest BCUT2D eigenvalue weighted by Gasteiger charge is 2.13. The van der Waals surface area contributed by atoms with Gasteiger partial charge in [0, 0.05) is 5.69 Å². The molecule has 0 spiro atoms. The van der Waals surface area contributed by atoms with E-state index in [4.69, 9.17) is 13.9 Å². The van der Waals surface area contributed by atoms with Crippen molar-refractivity contribution in [2.75, 3.05) is 19.0 Å². The zero-order valence-corrected chi connectivity index (χ0v) is 16.2. The summed E-state index contributed by atoms with van der Waals surface area (Å²) in [5, 5.41) is 5.21. The summed E-state index contributed by atoms with van der Waals surface area (Å²) in [4.78, 5) is 24.2. The molecule has 0 bridgehead atoms. The third-order valence-electron chi connectivity index (χ3n) is 4.07. The van der Waals surface area contributed by atoms with Crippen molar-refractivity contribution in [3.8, 4) is 11.5 Å². The van der Waals surface area contributed by atoms with Crippen molar-refractivity contribution in [1.82, 2.24) is 5.32 Å². The molecule has 3 rings (SSSR count). The first-order valence-corrected chi connectivity index (χ1v) is 9.04. The molecule has 0 atom stereocenters. The minimum Gasteiger partial charge on any atom is -0.497 e. The number of ether oxygens (including phenoxy) is 2. The van der Waals surface area contributed by atoms with Crippen LogP contribution < -0.4 is 20.1 Å². The third kappa shape index (κ3) is 5.87. The van der Waals surface area contributed by atoms with E-state index in [9.17, 15) is 9.59 Å². The van der Waals surface area contributed by atoms with Crippen LogP contribution in [-0.4, -0.2) is 25.5 Å². The summed E-state index contributed by atoms with van der Waals surface area (Å²) in [7, 11) is 1.57. The molecule has 0 aliphatic heterocycles. The van der Waals surface area contributed by atoms with Crippen LogP contribution in [0.25, 0.3) is 0 Å². The Morgan fingerprint density at radius 3 is 2.31 bits per heavy atom. The number of methoxy groups -OCH3 is 1. The molecule has 1 aromatic heterocycles. The second kappa shape index (κ2) is 9.45. The average Bonchev–Trinajstić information content (AvgIpc) is 3.21. The number of furan rings is 1. The van der Waals surface area contributed by atoms with Crippen molar-refractivity contribution in [1.29, 1.82) is 0 Å². The fraction of sp³-hybridized carbons (Fsp3) is 0.182. The van der Waals surface area contributed by atoms with E-state index in [1.807, 2.05) is 31.2 Å². The highest BCUT2D eigenvalue weighted by molar-refractivity contribution is 5.98. The van der Waals surface area contributed by atoms with E-state index in [-0.39, 0.29) is 24.8 Å². The molecule has 0 saturated heterocycles. The van der Waals surface area contributed by atoms with E-state index < -0.39 is 5.91 Å². The number of hydrogen-bond acceptors (Lipinski definition) is 5. The highest BCUT2D eigenvalue weighted by atomic mass is 16.5. The van der Waals surface area contributed by atoms with Crippen LogP contribution in [-0.2, 0) is 11.4 Å². The number of aryl methyl sites for hydroxylation is 1. The Bertz CT molecular complexity index is 962. The smallest absolute Gasteiger partial charge is 0.287 e. The van der Waals surface area contributed by atoms with Crippen LogP contribution in [0.15, 0.2) is 65.1 Å². The molecule has 0 aliphatic carbocycles. The van der Waals surface area contributed by atoms with Crippen molar-refractivity contribution in [3.63, 3.8) is 0 Å². The molecular weight excluding hydrogens is 372 g/mol. The van der Waals surface area contributed by atoms with Crippen molar-refractivity contribution in [3.05, 3.63) is 77.7 Å². The minimum absolute atomic E-state index is 0.116. The van der Waals surface area contributed by atoms with Crippen molar-refractivity contribution in [2.24, 2.45) is 0 Å². The molecule has 150 valence electrons. The van der Waals surface area contributed by atoms with Gasteiger partial charge in [-0.1, -0.05) is 17.7 Å². The molecule has 7 nitrogen and oxygen atoms in total. The number of rotatable bonds is 8. The maximum absolute atomic E-state index is 12.2. The van der Waals surface area contributed by atoms with Gasteiger partial charge in [0.2, 0.25) is 5.91 Å². The van der Waals surface area contributed by atoms with Gasteiger partial charge in [-0.3, -0.25) is 9.59 Å². The summed E-state index contributed by atoms with van der Waals surface area (Å²) in [6, 6.07) is 17.7. The molecule has 2 N–H and O–H groups in total. The van der Waals surface area contributed by atoms with Gasteiger partial charge in [-0.2, -0.15) is 0 Å². The number of benzene rings is 2. The van der Waals surface area contributed by atoms with Crippen molar-refractivity contribution in [2.45, 2.75) is 13.5 Å². The average molecular weight is 394 g/mol. The van der Waals surface area contributed by atoms with E-state index in [0.29, 0.717) is 22.9 Å². The molecule has 1 heterocycles. The molecule has 3 aromatic rings. The lowest BCUT2D eigenvalue weighted by molar-refractivity contribution is -0.115. The topological polar surface area (TPSA) is 89.8 Å². The summed E-state index contributed by atoms with van der Waals surface area (Å²) in [5.41, 5.74) is 1.75. The van der Waals surface area contributed by atoms with Gasteiger partial charge in [0.15, 0.2) is 5.76 Å². The number of carbonyl (C=O) groups excluding carboxylic acids is 2. The zero-order valence-electron chi connectivity index (χ0n) is 16.2. The maximum Gasteiger partial charge on any atom is 0.287 e. The Labute approximate surface area is 168 Å². The van der Waals surface area contributed by atoms with Gasteiger partial charge in [0.1, 0.15) is 23.9 Å². The monoisotopic (exact) mass is 394 g/mol. The molecule has 29 heavy (non-hydrogen) atoms. The first kappa shape index (κ1) is 20.0. The lowest BCUT2D eigenvalue weighted by Crippen LogP contribution is -2.32. The Balaban J connectivity index is 1.45. The summed E-state index contributed by atoms with van der Waals surface area (Å²) >= 11 is 0. The van der Waals surface area contributed by atoms with Crippen LogP contribution in [0.3, 0.4) is 0 Å². The van der Waals surface area contributed by atoms with Gasteiger partial charge >= 0.3 is 0 Å². The second-order valence-corrected chi connectivity index (χ2v) is 6.33. The maximum atomic E-state index is 12.2. The fourth-order valence-corrected chi connectivity index (χ4v) is 2.49. The fourth-order valence-electron chi connectivity index (χ4n) is 2.49. The second-order valence-electron chi connectivity index (χ2n) is 6.33. The largest absolute Gasteiger partial charge is 0.497 e. The molecule has 2 amide bonds. The molecule has 0 aliphatic rings. The van der Waals surface area contributed by atoms with Crippen LogP contribution in [0.1, 0.15) is 21.9 Å². The minimum atomic E-state index is -0.475. The van der Waals surface area contributed by atoms with Gasteiger partial charge in [0.25, 0.3) is 5.91 Å². The molecule has 0 unspecified atom stereocenters. The number of amides is 2. The third-order valence-corrected chi connectivity index (χ3v) is 4.07. The van der Waals surface area contributed by atoms with E-state index in [2.05, 4.69) is 10.6 Å². The molecule has 0 fully saturated rings. The number of anilines is 1. The van der Waals surface area contributed by atoms with E-state index in [1.54, 1.807) is 43.5 Å². The number of hydrogen-bond donors (Lipinski definition) is 2. The van der Waals surface area contributed by atoms with Gasteiger partial charge in [0.05, 0.1) is 13.7 Å². The number of nitrogens with one attached hydrogen (secondary N) is 2. The Morgan fingerprint density at radius 1 is 0.931 bits per heavy atom. The van der Waals surface area contributed by atoms with Crippen LogP contribution in [0.4, 0.5) is 5.69 Å². The predicted molar refractivity (Wildman–Crippen MR) is 108 cm³/mol. The summed E-state index contributed by atoms with van der Waals surface area (Å²) in [6.45, 7) is 2.02. The van der Waals surface area contributed by atoms with Crippen molar-refractivity contribution < 1.29 is 23.5 Å². The Kier molecular flexibility index (Phi) is 6.52. The van der Waals surface area contributed by atoms with Gasteiger partial charge < -0.3 is 24.5 Å². The van der Waals surface area contributed by atoms with Gasteiger partial charge in [-0.25, -0.2) is 0 Å². The molecule has 2 aromatic carbocycles. The van der Waals surface area contributed by atoms with Crippen molar-refractivity contribution >= 4 is 17.5 Å². The standard InChI is InChI=1S/C22H22N2O5/c1-15-3-7-18(8-4-15)28-14-19-11-12-20(29-19)22(26)23-13-21(25)24-16-5-9-17(27-2)10-6-16/h3-12H,13-14H2,1-2H3,(H,23,26)(H,24,25). The first-order chi connectivity index (χ1) is 14.0. The Hall–Kier alpha value is -3.74. The quantitative estimate of drug-likeness (QED) is 0.610. The highest BCUT2D eigenvalue weighted by Crippen LogP contribution is 2.16. The predicted octanol–water partition coefficient (Wildman–Crippen LogP) is 3.54. The van der Waals surface area contributed by atoms with Crippen LogP contribution in [0.2, 0.25) is 0 Å². The first-order valence-electron chi connectivity index (χ1n) is 9.04. The van der Waals surface area contributed by atoms with Crippen LogP contribution in [0, 0.1) is 6.92 Å². The Morgan fingerprint density at radius 2 is 1.62 bits per heavy atom. The van der Waals surface area contributed by atoms with Crippen LogP contribution in [0.5, 0.6) is 11.5 Å². The summed E-state index contributed by atoms with van der Waals surface area (Å²) in [5.74, 6) is 1.21. The molecular formula is C22H22N2O5. The molecule has 0 saturated carbocycles. The van der Waals surface area contributed by atoms with Gasteiger partial charge in [-0.05, 0) is 55.5 Å². The van der Waals surface area contributed by atoms with E-state index in [1.165, 1.54) is 0 Å². The zero-order chi connectivity index (χ0) is 20.6. The SMILES string of the molecule is COc1ccc(NC(=O)CNC(=O)c2ccc(COc3ccc(C)cc3)o2)cc1.